The molecule has 1 unspecified atom stereocenters. The Morgan fingerprint density at radius 1 is 1.48 bits per heavy atom. The number of thiazole rings is 1. The highest BCUT2D eigenvalue weighted by Crippen LogP contribution is 2.16. The van der Waals surface area contributed by atoms with E-state index in [0.717, 1.165) is 30.4 Å². The largest absolute Gasteiger partial charge is 0.390 e. The van der Waals surface area contributed by atoms with Gasteiger partial charge in [0.15, 0.2) is 0 Å². The third-order valence-electron chi connectivity index (χ3n) is 4.21. The summed E-state index contributed by atoms with van der Waals surface area (Å²) in [5.41, 5.74) is 0.463. The number of aliphatic hydroxyl groups is 1. The molecule has 0 aromatic carbocycles. The molecule has 2 rings (SSSR count). The fourth-order valence-corrected chi connectivity index (χ4v) is 3.75. The molecular weight excluding hydrogens is 310 g/mol. The zero-order chi connectivity index (χ0) is 16.8. The Labute approximate surface area is 143 Å². The molecule has 1 atom stereocenters. The number of likely N-dealkylation sites (tertiary alicyclic amines) is 1. The van der Waals surface area contributed by atoms with Crippen molar-refractivity contribution in [3.63, 3.8) is 0 Å². The van der Waals surface area contributed by atoms with Crippen LogP contribution in [0.5, 0.6) is 0 Å². The van der Waals surface area contributed by atoms with Gasteiger partial charge in [-0.15, -0.1) is 11.3 Å². The van der Waals surface area contributed by atoms with Gasteiger partial charge in [0, 0.05) is 24.9 Å². The summed E-state index contributed by atoms with van der Waals surface area (Å²) in [4.78, 5) is 18.7. The van der Waals surface area contributed by atoms with E-state index in [4.69, 9.17) is 0 Å². The lowest BCUT2D eigenvalue weighted by Gasteiger charge is -2.31. The van der Waals surface area contributed by atoms with E-state index < -0.39 is 6.10 Å². The molecule has 1 aliphatic heterocycles. The van der Waals surface area contributed by atoms with Crippen LogP contribution in [0.15, 0.2) is 5.38 Å². The van der Waals surface area contributed by atoms with Gasteiger partial charge in [-0.3, -0.25) is 4.79 Å². The van der Waals surface area contributed by atoms with Crippen molar-refractivity contribution in [1.29, 1.82) is 0 Å². The summed E-state index contributed by atoms with van der Waals surface area (Å²) in [5, 5.41) is 15.7. The van der Waals surface area contributed by atoms with Crippen molar-refractivity contribution >= 4 is 17.2 Å². The Morgan fingerprint density at radius 3 is 2.83 bits per heavy atom. The summed E-state index contributed by atoms with van der Waals surface area (Å²) >= 11 is 1.53. The van der Waals surface area contributed by atoms with Crippen molar-refractivity contribution in [2.24, 2.45) is 11.8 Å². The Hall–Kier alpha value is -0.980. The van der Waals surface area contributed by atoms with Crippen LogP contribution < -0.4 is 5.32 Å². The number of aromatic nitrogens is 1. The van der Waals surface area contributed by atoms with Crippen molar-refractivity contribution in [2.45, 2.75) is 46.1 Å². The number of carbonyl (C=O) groups is 1. The van der Waals surface area contributed by atoms with E-state index in [1.165, 1.54) is 24.2 Å². The average Bonchev–Trinajstić information content (AvgIpc) is 2.95. The van der Waals surface area contributed by atoms with E-state index in [1.807, 2.05) is 0 Å². The molecular formula is C17H29N3O2S. The Morgan fingerprint density at radius 2 is 2.17 bits per heavy atom. The predicted molar refractivity (Wildman–Crippen MR) is 93.8 cm³/mol. The maximum Gasteiger partial charge on any atom is 0.270 e. The van der Waals surface area contributed by atoms with Crippen LogP contribution in [0.3, 0.4) is 0 Å². The monoisotopic (exact) mass is 339 g/mol. The SMILES string of the molecule is CC(C)Cc1nc(C(=O)NCC(O)CN2CCC(C)CC2)cs1. The minimum atomic E-state index is -0.527. The minimum Gasteiger partial charge on any atom is -0.390 e. The minimum absolute atomic E-state index is 0.192. The normalized spacial score (nSPS) is 18.3. The van der Waals surface area contributed by atoms with Crippen LogP contribution in [-0.2, 0) is 6.42 Å². The number of amides is 1. The molecule has 23 heavy (non-hydrogen) atoms. The third-order valence-corrected chi connectivity index (χ3v) is 5.08. The number of carbonyl (C=O) groups excluding carboxylic acids is 1. The number of aliphatic hydroxyl groups excluding tert-OH is 1. The van der Waals surface area contributed by atoms with Gasteiger partial charge in [0.1, 0.15) is 5.69 Å². The lowest BCUT2D eigenvalue weighted by Crippen LogP contribution is -2.43. The highest BCUT2D eigenvalue weighted by Gasteiger charge is 2.19. The molecule has 1 fully saturated rings. The van der Waals surface area contributed by atoms with Gasteiger partial charge >= 0.3 is 0 Å². The molecule has 2 heterocycles. The molecule has 1 amide bonds. The van der Waals surface area contributed by atoms with E-state index in [-0.39, 0.29) is 12.5 Å². The van der Waals surface area contributed by atoms with Crippen LogP contribution in [0.1, 0.15) is 49.1 Å². The first-order chi connectivity index (χ1) is 10.9. The predicted octanol–water partition coefficient (Wildman–Crippen LogP) is 2.16. The topological polar surface area (TPSA) is 65.5 Å². The molecule has 0 spiro atoms. The maximum atomic E-state index is 12.1. The fourth-order valence-electron chi connectivity index (χ4n) is 2.77. The Kier molecular flexibility index (Phi) is 6.99. The number of nitrogens with zero attached hydrogens (tertiary/aromatic N) is 2. The van der Waals surface area contributed by atoms with Gasteiger partial charge < -0.3 is 15.3 Å². The van der Waals surface area contributed by atoms with Gasteiger partial charge in [0.2, 0.25) is 0 Å². The Balaban J connectivity index is 1.72. The van der Waals surface area contributed by atoms with Crippen molar-refractivity contribution < 1.29 is 9.90 Å². The van der Waals surface area contributed by atoms with Gasteiger partial charge in [-0.1, -0.05) is 20.8 Å². The zero-order valence-electron chi connectivity index (χ0n) is 14.4. The first-order valence-electron chi connectivity index (χ1n) is 8.57. The highest BCUT2D eigenvalue weighted by molar-refractivity contribution is 7.09. The van der Waals surface area contributed by atoms with Gasteiger partial charge in [0.25, 0.3) is 5.91 Å². The lowest BCUT2D eigenvalue weighted by atomic mass is 9.99. The van der Waals surface area contributed by atoms with Crippen LogP contribution in [-0.4, -0.2) is 53.2 Å². The van der Waals surface area contributed by atoms with E-state index in [0.29, 0.717) is 18.2 Å². The molecule has 1 aromatic rings. The summed E-state index contributed by atoms with van der Waals surface area (Å²) in [6.45, 7) is 9.53. The number of piperidine rings is 1. The first-order valence-corrected chi connectivity index (χ1v) is 9.45. The van der Waals surface area contributed by atoms with E-state index in [2.05, 4.69) is 36.0 Å². The van der Waals surface area contributed by atoms with E-state index >= 15 is 0 Å². The standard InChI is InChI=1S/C17H29N3O2S/c1-12(2)8-16-19-15(11-23-16)17(22)18-9-14(21)10-20-6-4-13(3)5-7-20/h11-14,21H,4-10H2,1-3H3,(H,18,22). The van der Waals surface area contributed by atoms with Crippen LogP contribution >= 0.6 is 11.3 Å². The molecule has 130 valence electrons. The summed E-state index contributed by atoms with van der Waals surface area (Å²) in [5.74, 6) is 1.13. The fraction of sp³-hybridized carbons (Fsp3) is 0.765. The maximum absolute atomic E-state index is 12.1. The van der Waals surface area contributed by atoms with Gasteiger partial charge in [0.05, 0.1) is 11.1 Å². The highest BCUT2D eigenvalue weighted by atomic mass is 32.1. The second kappa shape index (κ2) is 8.76. The molecule has 1 aliphatic rings. The van der Waals surface area contributed by atoms with E-state index in [9.17, 15) is 9.90 Å². The van der Waals surface area contributed by atoms with Crippen LogP contribution in [0.4, 0.5) is 0 Å². The number of β-amino-alcohol motifs (C(OH)–C–C–N with tert-alkyl or cyclic N) is 1. The number of hydrogen-bond acceptors (Lipinski definition) is 5. The lowest BCUT2D eigenvalue weighted by molar-refractivity contribution is 0.0793. The number of rotatable bonds is 7. The van der Waals surface area contributed by atoms with E-state index in [1.54, 1.807) is 5.38 Å². The average molecular weight is 340 g/mol. The quantitative estimate of drug-likeness (QED) is 0.799. The second-order valence-corrected chi connectivity index (χ2v) is 8.01. The molecule has 6 heteroatoms. The summed E-state index contributed by atoms with van der Waals surface area (Å²) < 4.78 is 0. The molecule has 0 bridgehead atoms. The molecule has 2 N–H and O–H groups in total. The molecule has 1 aromatic heterocycles. The van der Waals surface area contributed by atoms with Gasteiger partial charge in [-0.05, 0) is 37.8 Å². The van der Waals surface area contributed by atoms with Crippen molar-refractivity contribution in [2.75, 3.05) is 26.2 Å². The van der Waals surface area contributed by atoms with Crippen LogP contribution in [0.25, 0.3) is 0 Å². The smallest absolute Gasteiger partial charge is 0.270 e. The molecule has 1 saturated heterocycles. The third kappa shape index (κ3) is 6.20. The summed E-state index contributed by atoms with van der Waals surface area (Å²) in [6, 6.07) is 0. The van der Waals surface area contributed by atoms with Crippen molar-refractivity contribution in [1.82, 2.24) is 15.2 Å². The van der Waals surface area contributed by atoms with Gasteiger partial charge in [-0.2, -0.15) is 0 Å². The van der Waals surface area contributed by atoms with Crippen molar-refractivity contribution in [3.05, 3.63) is 16.1 Å². The molecule has 0 aliphatic carbocycles. The Bertz CT molecular complexity index is 496. The van der Waals surface area contributed by atoms with Crippen LogP contribution in [0, 0.1) is 11.8 Å². The summed E-state index contributed by atoms with van der Waals surface area (Å²) in [7, 11) is 0. The van der Waals surface area contributed by atoms with Gasteiger partial charge in [-0.25, -0.2) is 4.98 Å². The zero-order valence-corrected chi connectivity index (χ0v) is 15.2. The van der Waals surface area contributed by atoms with Crippen molar-refractivity contribution in [3.8, 4) is 0 Å². The van der Waals surface area contributed by atoms with Crippen LogP contribution in [0.2, 0.25) is 0 Å². The number of nitrogens with one attached hydrogen (secondary N) is 1. The number of hydrogen-bond donors (Lipinski definition) is 2. The second-order valence-electron chi connectivity index (χ2n) is 7.07. The molecule has 0 saturated carbocycles. The molecule has 0 radical (unpaired) electrons. The summed E-state index contributed by atoms with van der Waals surface area (Å²) in [6.07, 6.45) is 2.75. The molecule has 5 nitrogen and oxygen atoms in total. The first kappa shape index (κ1) is 18.4.